The summed E-state index contributed by atoms with van der Waals surface area (Å²) < 4.78 is 15.4. The third-order valence-electron chi connectivity index (χ3n) is 6.92. The van der Waals surface area contributed by atoms with Crippen LogP contribution in [0.4, 0.5) is 16.0 Å². The second kappa shape index (κ2) is 11.0. The van der Waals surface area contributed by atoms with Gasteiger partial charge in [-0.25, -0.2) is 5.06 Å². The van der Waals surface area contributed by atoms with E-state index >= 15 is 4.39 Å². The number of nitrogens with one attached hydrogen (secondary N) is 2. The van der Waals surface area contributed by atoms with Crippen LogP contribution in [-0.2, 0) is 9.59 Å². The first-order valence-corrected chi connectivity index (χ1v) is 12.0. The minimum absolute atomic E-state index is 0.0687. The molecule has 34 heavy (non-hydrogen) atoms. The average Bonchev–Trinajstić information content (AvgIpc) is 3.39. The van der Waals surface area contributed by atoms with Gasteiger partial charge in [-0.1, -0.05) is 39.5 Å². The Kier molecular flexibility index (Phi) is 8.53. The Morgan fingerprint density at radius 1 is 1.35 bits per heavy atom. The molecule has 3 rings (SSSR count). The number of aromatic nitrogens is 2. The minimum atomic E-state index is -0.719. The number of likely N-dealkylation sites (N-methyl/N-ethyl adjacent to an activating group) is 1. The molecule has 10 nitrogen and oxygen atoms in total. The standard InChI is InChI=1S/C22H35ClFN7O3/c1-22(2)12-30(11-16(22)29(3)4)19-17(24)18(25-21(23)26-19)27-28-20(33)15(10-31(34)13-32)9-14-7-5-6-8-14/h13-16,34H,5-12H2,1-4H3,(H,28,33)(H,25,26,27)/t15-,16?/m0/s1. The van der Waals surface area contributed by atoms with E-state index in [1.165, 1.54) is 0 Å². The Labute approximate surface area is 204 Å². The summed E-state index contributed by atoms with van der Waals surface area (Å²) in [6.07, 6.45) is 4.99. The maximum absolute atomic E-state index is 15.4. The summed E-state index contributed by atoms with van der Waals surface area (Å²) in [5, 5.41) is 9.94. The lowest BCUT2D eigenvalue weighted by molar-refractivity contribution is -0.154. The molecule has 1 saturated heterocycles. The van der Waals surface area contributed by atoms with Gasteiger partial charge in [0.05, 0.1) is 12.5 Å². The number of nitrogens with zero attached hydrogens (tertiary/aromatic N) is 5. The van der Waals surface area contributed by atoms with Crippen LogP contribution in [0, 0.1) is 23.1 Å². The molecule has 0 radical (unpaired) electrons. The first kappa shape index (κ1) is 26.4. The molecule has 1 aliphatic carbocycles. The van der Waals surface area contributed by atoms with E-state index in [9.17, 15) is 14.8 Å². The number of hydrogen-bond donors (Lipinski definition) is 3. The number of anilines is 2. The number of carbonyl (C=O) groups is 2. The van der Waals surface area contributed by atoms with Crippen LogP contribution in [0.3, 0.4) is 0 Å². The molecule has 2 aliphatic rings. The number of hydrazine groups is 1. The van der Waals surface area contributed by atoms with Gasteiger partial charge in [-0.2, -0.15) is 14.4 Å². The molecule has 0 aromatic carbocycles. The van der Waals surface area contributed by atoms with Gasteiger partial charge >= 0.3 is 0 Å². The molecule has 1 aromatic rings. The predicted molar refractivity (Wildman–Crippen MR) is 127 cm³/mol. The van der Waals surface area contributed by atoms with Crippen molar-refractivity contribution in [1.82, 2.24) is 25.4 Å². The fourth-order valence-electron chi connectivity index (χ4n) is 5.25. The first-order valence-electron chi connectivity index (χ1n) is 11.6. The van der Waals surface area contributed by atoms with Gasteiger partial charge in [0, 0.05) is 19.1 Å². The maximum Gasteiger partial charge on any atom is 0.243 e. The summed E-state index contributed by atoms with van der Waals surface area (Å²) in [5.74, 6) is -1.69. The zero-order valence-electron chi connectivity index (χ0n) is 20.2. The zero-order chi connectivity index (χ0) is 25.0. The van der Waals surface area contributed by atoms with Crippen LogP contribution in [0.25, 0.3) is 0 Å². The summed E-state index contributed by atoms with van der Waals surface area (Å²) >= 11 is 6.09. The lowest BCUT2D eigenvalue weighted by Gasteiger charge is -2.30. The lowest BCUT2D eigenvalue weighted by atomic mass is 9.87. The van der Waals surface area contributed by atoms with Crippen LogP contribution in [0.2, 0.25) is 5.28 Å². The summed E-state index contributed by atoms with van der Waals surface area (Å²) in [6.45, 7) is 5.23. The maximum atomic E-state index is 15.4. The van der Waals surface area contributed by atoms with E-state index in [2.05, 4.69) is 39.6 Å². The quantitative estimate of drug-likeness (QED) is 0.195. The molecule has 2 amide bonds. The van der Waals surface area contributed by atoms with E-state index in [1.54, 1.807) is 0 Å². The highest BCUT2D eigenvalue weighted by Crippen LogP contribution is 2.37. The molecular formula is C22H35ClFN7O3. The number of carbonyl (C=O) groups excluding carboxylic acids is 2. The molecule has 1 aliphatic heterocycles. The molecule has 3 N–H and O–H groups in total. The first-order chi connectivity index (χ1) is 16.0. The van der Waals surface area contributed by atoms with Crippen molar-refractivity contribution in [2.45, 2.75) is 52.0 Å². The Hall–Kier alpha value is -2.24. The number of amides is 2. The number of hydroxylamine groups is 2. The van der Waals surface area contributed by atoms with Crippen LogP contribution < -0.4 is 15.8 Å². The van der Waals surface area contributed by atoms with Crippen molar-refractivity contribution in [2.24, 2.45) is 17.3 Å². The second-order valence-electron chi connectivity index (χ2n) is 10.3. The van der Waals surface area contributed by atoms with Gasteiger partial charge in [0.25, 0.3) is 0 Å². The van der Waals surface area contributed by atoms with E-state index in [4.69, 9.17) is 11.6 Å². The largest absolute Gasteiger partial charge is 0.352 e. The molecule has 2 heterocycles. The van der Waals surface area contributed by atoms with Crippen LogP contribution >= 0.6 is 11.6 Å². The Morgan fingerprint density at radius 3 is 2.62 bits per heavy atom. The van der Waals surface area contributed by atoms with Gasteiger partial charge in [-0.3, -0.25) is 25.6 Å². The van der Waals surface area contributed by atoms with Crippen LogP contribution in [0.5, 0.6) is 0 Å². The molecule has 12 heteroatoms. The predicted octanol–water partition coefficient (Wildman–Crippen LogP) is 2.53. The minimum Gasteiger partial charge on any atom is -0.352 e. The smallest absolute Gasteiger partial charge is 0.243 e. The SMILES string of the molecule is CN(C)C1CN(c2nc(Cl)nc(NNC(=O)[C@@H](CC3CCCC3)CN(O)C=O)c2F)CC1(C)C. The van der Waals surface area contributed by atoms with Crippen LogP contribution in [0.1, 0.15) is 46.0 Å². The molecule has 1 saturated carbocycles. The number of hydrogen-bond acceptors (Lipinski definition) is 8. The van der Waals surface area contributed by atoms with Crippen molar-refractivity contribution < 1.29 is 19.2 Å². The highest BCUT2D eigenvalue weighted by molar-refractivity contribution is 6.28. The van der Waals surface area contributed by atoms with E-state index in [0.29, 0.717) is 30.5 Å². The Morgan fingerprint density at radius 2 is 2.03 bits per heavy atom. The van der Waals surface area contributed by atoms with Gasteiger partial charge in [-0.15, -0.1) is 0 Å². The van der Waals surface area contributed by atoms with Crippen molar-refractivity contribution >= 4 is 35.6 Å². The van der Waals surface area contributed by atoms with Crippen molar-refractivity contribution in [3.8, 4) is 0 Å². The molecule has 2 fully saturated rings. The van der Waals surface area contributed by atoms with E-state index in [0.717, 1.165) is 25.7 Å². The fraction of sp³-hybridized carbons (Fsp3) is 0.727. The number of halogens is 2. The Balaban J connectivity index is 1.73. The molecule has 2 atom stereocenters. The van der Waals surface area contributed by atoms with Gasteiger partial charge in [0.1, 0.15) is 0 Å². The summed E-state index contributed by atoms with van der Waals surface area (Å²) in [5.41, 5.74) is 4.91. The van der Waals surface area contributed by atoms with Crippen molar-refractivity contribution in [3.05, 3.63) is 11.1 Å². The second-order valence-corrected chi connectivity index (χ2v) is 10.6. The summed E-state index contributed by atoms with van der Waals surface area (Å²) in [4.78, 5) is 35.7. The third-order valence-corrected chi connectivity index (χ3v) is 7.09. The van der Waals surface area contributed by atoms with Gasteiger partial charge in [0.15, 0.2) is 11.6 Å². The zero-order valence-corrected chi connectivity index (χ0v) is 21.0. The van der Waals surface area contributed by atoms with E-state index in [-0.39, 0.29) is 41.3 Å². The van der Waals surface area contributed by atoms with Crippen LogP contribution in [0.15, 0.2) is 0 Å². The van der Waals surface area contributed by atoms with Gasteiger partial charge < -0.3 is 9.80 Å². The molecule has 1 aromatic heterocycles. The van der Waals surface area contributed by atoms with Crippen molar-refractivity contribution in [2.75, 3.05) is 44.1 Å². The fourth-order valence-corrected chi connectivity index (χ4v) is 5.41. The van der Waals surface area contributed by atoms with Crippen LogP contribution in [-0.4, -0.2) is 77.2 Å². The highest BCUT2D eigenvalue weighted by atomic mass is 35.5. The molecule has 0 bridgehead atoms. The van der Waals surface area contributed by atoms with Crippen molar-refractivity contribution in [3.63, 3.8) is 0 Å². The summed E-state index contributed by atoms with van der Waals surface area (Å²) in [7, 11) is 3.98. The normalized spacial score (nSPS) is 21.1. The lowest BCUT2D eigenvalue weighted by Crippen LogP contribution is -2.41. The van der Waals surface area contributed by atoms with E-state index in [1.807, 2.05) is 19.0 Å². The number of rotatable bonds is 10. The molecule has 190 valence electrons. The summed E-state index contributed by atoms with van der Waals surface area (Å²) in [6, 6.07) is 0.187. The van der Waals surface area contributed by atoms with Gasteiger partial charge in [-0.05, 0) is 43.5 Å². The molecular weight excluding hydrogens is 465 g/mol. The monoisotopic (exact) mass is 499 g/mol. The molecule has 0 spiro atoms. The van der Waals surface area contributed by atoms with Gasteiger partial charge in [0.2, 0.25) is 23.4 Å². The molecule has 1 unspecified atom stereocenters. The topological polar surface area (TPSA) is 114 Å². The average molecular weight is 500 g/mol. The van der Waals surface area contributed by atoms with Crippen molar-refractivity contribution in [1.29, 1.82) is 0 Å². The third kappa shape index (κ3) is 6.25. The van der Waals surface area contributed by atoms with E-state index < -0.39 is 17.6 Å². The highest BCUT2D eigenvalue weighted by Gasteiger charge is 2.42. The Bertz CT molecular complexity index is 882.